The van der Waals surface area contributed by atoms with Gasteiger partial charge in [0.15, 0.2) is 0 Å². The molecule has 0 aliphatic carbocycles. The average molecular weight is 270 g/mol. The summed E-state index contributed by atoms with van der Waals surface area (Å²) in [4.78, 5) is 2.64. The molecule has 0 aromatic heterocycles. The first kappa shape index (κ1) is 16.9. The number of ether oxygens (including phenoxy) is 1. The first-order valence-electron chi connectivity index (χ1n) is 7.86. The number of rotatable bonds is 6. The van der Waals surface area contributed by atoms with Crippen LogP contribution in [0.25, 0.3) is 0 Å². The second kappa shape index (κ2) is 6.55. The maximum absolute atomic E-state index is 6.20. The van der Waals surface area contributed by atoms with Gasteiger partial charge in [0.2, 0.25) is 0 Å². The zero-order valence-corrected chi connectivity index (χ0v) is 14.0. The van der Waals surface area contributed by atoms with E-state index in [-0.39, 0.29) is 11.2 Å². The fraction of sp³-hybridized carbons (Fsp3) is 1.00. The van der Waals surface area contributed by atoms with Crippen molar-refractivity contribution in [1.82, 2.24) is 10.2 Å². The van der Waals surface area contributed by atoms with Crippen LogP contribution < -0.4 is 5.32 Å². The van der Waals surface area contributed by atoms with Crippen LogP contribution in [0.1, 0.15) is 60.8 Å². The second-order valence-corrected chi connectivity index (χ2v) is 7.19. The molecule has 0 saturated carbocycles. The van der Waals surface area contributed by atoms with Crippen molar-refractivity contribution in [2.45, 2.75) is 84.1 Å². The highest BCUT2D eigenvalue weighted by Gasteiger charge is 2.41. The lowest BCUT2D eigenvalue weighted by atomic mass is 9.92. The summed E-state index contributed by atoms with van der Waals surface area (Å²) in [5, 5.41) is 3.52. The first-order valence-corrected chi connectivity index (χ1v) is 7.86. The number of morpholine rings is 1. The molecule has 0 aromatic carbocycles. The van der Waals surface area contributed by atoms with Crippen molar-refractivity contribution in [2.24, 2.45) is 0 Å². The van der Waals surface area contributed by atoms with Crippen LogP contribution in [0, 0.1) is 0 Å². The summed E-state index contributed by atoms with van der Waals surface area (Å²) in [6, 6.07) is 1.19. The largest absolute Gasteiger partial charge is 0.367 e. The van der Waals surface area contributed by atoms with Gasteiger partial charge in [0, 0.05) is 25.2 Å². The van der Waals surface area contributed by atoms with Crippen molar-refractivity contribution in [3.8, 4) is 0 Å². The van der Waals surface area contributed by atoms with Gasteiger partial charge in [-0.3, -0.25) is 4.90 Å². The van der Waals surface area contributed by atoms with Gasteiger partial charge in [0.05, 0.1) is 11.2 Å². The molecule has 1 saturated heterocycles. The van der Waals surface area contributed by atoms with Crippen LogP contribution in [0.15, 0.2) is 0 Å². The highest BCUT2D eigenvalue weighted by atomic mass is 16.5. The third-order valence-electron chi connectivity index (χ3n) is 4.04. The van der Waals surface area contributed by atoms with Gasteiger partial charge in [-0.2, -0.15) is 0 Å². The number of hydrogen-bond donors (Lipinski definition) is 1. The van der Waals surface area contributed by atoms with E-state index in [1.807, 2.05) is 0 Å². The third kappa shape index (κ3) is 4.73. The lowest BCUT2D eigenvalue weighted by molar-refractivity contribution is -0.189. The molecule has 1 aliphatic heterocycles. The molecular weight excluding hydrogens is 236 g/mol. The molecule has 3 nitrogen and oxygen atoms in total. The fourth-order valence-electron chi connectivity index (χ4n) is 3.72. The van der Waals surface area contributed by atoms with Crippen LogP contribution in [-0.2, 0) is 4.74 Å². The van der Waals surface area contributed by atoms with Gasteiger partial charge in [0.1, 0.15) is 0 Å². The van der Waals surface area contributed by atoms with Gasteiger partial charge < -0.3 is 10.1 Å². The van der Waals surface area contributed by atoms with Crippen LogP contribution in [0.2, 0.25) is 0 Å². The van der Waals surface area contributed by atoms with Crippen molar-refractivity contribution >= 4 is 0 Å². The van der Waals surface area contributed by atoms with E-state index in [2.05, 4.69) is 58.8 Å². The smallest absolute Gasteiger partial charge is 0.0760 e. The maximum atomic E-state index is 6.20. The Hall–Kier alpha value is -0.120. The van der Waals surface area contributed by atoms with Gasteiger partial charge >= 0.3 is 0 Å². The zero-order valence-electron chi connectivity index (χ0n) is 14.0. The summed E-state index contributed by atoms with van der Waals surface area (Å²) in [5.41, 5.74) is -0.112. The summed E-state index contributed by atoms with van der Waals surface area (Å²) >= 11 is 0. The van der Waals surface area contributed by atoms with E-state index < -0.39 is 0 Å². The Kier molecular flexibility index (Phi) is 5.84. The molecule has 1 fully saturated rings. The molecule has 1 aliphatic rings. The minimum absolute atomic E-state index is 0.0559. The highest BCUT2D eigenvalue weighted by molar-refractivity contribution is 4.94. The Labute approximate surface area is 120 Å². The molecule has 0 aromatic rings. The van der Waals surface area contributed by atoms with E-state index in [1.165, 1.54) is 19.3 Å². The standard InChI is InChI=1S/C16H34N2O/c1-8-10-13(17-7)14(9-2)18-11-15(3,4)19-16(5,6)12-18/h13-14,17H,8-12H2,1-7H3. The number of nitrogens with zero attached hydrogens (tertiary/aromatic N) is 1. The van der Waals surface area contributed by atoms with E-state index in [9.17, 15) is 0 Å². The van der Waals surface area contributed by atoms with Crippen molar-refractivity contribution in [2.75, 3.05) is 20.1 Å². The molecular formula is C16H34N2O. The van der Waals surface area contributed by atoms with Crippen LogP contribution in [0.5, 0.6) is 0 Å². The highest BCUT2D eigenvalue weighted by Crippen LogP contribution is 2.30. The van der Waals surface area contributed by atoms with E-state index in [0.717, 1.165) is 13.1 Å². The predicted molar refractivity (Wildman–Crippen MR) is 82.7 cm³/mol. The molecule has 114 valence electrons. The molecule has 1 heterocycles. The molecule has 2 unspecified atom stereocenters. The maximum Gasteiger partial charge on any atom is 0.0760 e. The van der Waals surface area contributed by atoms with Crippen LogP contribution in [0.4, 0.5) is 0 Å². The number of nitrogens with one attached hydrogen (secondary N) is 1. The molecule has 0 spiro atoms. The lowest BCUT2D eigenvalue weighted by Crippen LogP contribution is -2.62. The SMILES string of the molecule is CCCC(NC)C(CC)N1CC(C)(C)OC(C)(C)C1. The second-order valence-electron chi connectivity index (χ2n) is 7.19. The van der Waals surface area contributed by atoms with Gasteiger partial charge in [-0.05, 0) is 47.6 Å². The van der Waals surface area contributed by atoms with Gasteiger partial charge in [-0.1, -0.05) is 20.3 Å². The topological polar surface area (TPSA) is 24.5 Å². The summed E-state index contributed by atoms with van der Waals surface area (Å²) in [5.74, 6) is 0. The fourth-order valence-corrected chi connectivity index (χ4v) is 3.72. The van der Waals surface area contributed by atoms with Gasteiger partial charge in [-0.25, -0.2) is 0 Å². The zero-order chi connectivity index (χ0) is 14.7. The van der Waals surface area contributed by atoms with Crippen molar-refractivity contribution in [3.63, 3.8) is 0 Å². The van der Waals surface area contributed by atoms with Crippen molar-refractivity contribution in [3.05, 3.63) is 0 Å². The predicted octanol–water partition coefficient (Wildman–Crippen LogP) is 3.04. The Morgan fingerprint density at radius 2 is 1.63 bits per heavy atom. The monoisotopic (exact) mass is 270 g/mol. The van der Waals surface area contributed by atoms with Crippen LogP contribution in [-0.4, -0.2) is 48.3 Å². The Balaban J connectivity index is 2.84. The summed E-state index contributed by atoms with van der Waals surface area (Å²) in [7, 11) is 2.10. The molecule has 0 amide bonds. The summed E-state index contributed by atoms with van der Waals surface area (Å²) < 4.78 is 6.20. The average Bonchev–Trinajstić information content (AvgIpc) is 2.24. The number of hydrogen-bond acceptors (Lipinski definition) is 3. The summed E-state index contributed by atoms with van der Waals surface area (Å²) in [6.07, 6.45) is 3.67. The van der Waals surface area contributed by atoms with Crippen LogP contribution >= 0.6 is 0 Å². The minimum Gasteiger partial charge on any atom is -0.367 e. The van der Waals surface area contributed by atoms with E-state index >= 15 is 0 Å². The van der Waals surface area contributed by atoms with Crippen molar-refractivity contribution < 1.29 is 4.74 Å². The molecule has 3 heteroatoms. The molecule has 19 heavy (non-hydrogen) atoms. The molecule has 1 N–H and O–H groups in total. The van der Waals surface area contributed by atoms with E-state index in [4.69, 9.17) is 4.74 Å². The molecule has 0 bridgehead atoms. The first-order chi connectivity index (χ1) is 8.74. The van der Waals surface area contributed by atoms with Crippen molar-refractivity contribution in [1.29, 1.82) is 0 Å². The molecule has 1 rings (SSSR count). The molecule has 0 radical (unpaired) electrons. The van der Waals surface area contributed by atoms with Crippen LogP contribution in [0.3, 0.4) is 0 Å². The Bertz CT molecular complexity index is 260. The van der Waals surface area contributed by atoms with E-state index in [1.54, 1.807) is 0 Å². The quantitative estimate of drug-likeness (QED) is 0.803. The minimum atomic E-state index is -0.0559. The lowest BCUT2D eigenvalue weighted by Gasteiger charge is -2.51. The normalized spacial score (nSPS) is 26.1. The van der Waals surface area contributed by atoms with Gasteiger partial charge in [-0.15, -0.1) is 0 Å². The third-order valence-corrected chi connectivity index (χ3v) is 4.04. The van der Waals surface area contributed by atoms with Gasteiger partial charge in [0.25, 0.3) is 0 Å². The number of likely N-dealkylation sites (N-methyl/N-ethyl adjacent to an activating group) is 1. The Morgan fingerprint density at radius 1 is 1.11 bits per heavy atom. The Morgan fingerprint density at radius 3 is 2.00 bits per heavy atom. The summed E-state index contributed by atoms with van der Waals surface area (Å²) in [6.45, 7) is 15.5. The molecule has 2 atom stereocenters. The van der Waals surface area contributed by atoms with E-state index in [0.29, 0.717) is 12.1 Å².